The molecule has 8 nitrogen and oxygen atoms in total. The smallest absolute Gasteiger partial charge is 0.224 e. The van der Waals surface area contributed by atoms with Gasteiger partial charge in [-0.25, -0.2) is 4.39 Å². The van der Waals surface area contributed by atoms with Gasteiger partial charge in [-0.1, -0.05) is 42.2 Å². The predicted molar refractivity (Wildman–Crippen MR) is 139 cm³/mol. The van der Waals surface area contributed by atoms with Crippen molar-refractivity contribution in [2.24, 2.45) is 11.3 Å². The first-order valence-corrected chi connectivity index (χ1v) is 13.7. The Bertz CT molecular complexity index is 1230. The Morgan fingerprint density at radius 2 is 1.97 bits per heavy atom. The molecule has 2 atom stereocenters. The number of hydrogen-bond acceptors (Lipinski definition) is 7. The minimum absolute atomic E-state index is 0.0297. The van der Waals surface area contributed by atoms with E-state index in [2.05, 4.69) is 27.5 Å². The number of ketones is 1. The molecule has 2 aromatic heterocycles. The Labute approximate surface area is 221 Å². The molecule has 2 fully saturated rings. The number of amides is 1. The SMILES string of the molecule is CCN1CCC2(CC1)C[C@@H]2C(=O)N[C@@H](CCCCCC(=O)c1ccon1)c1cc(-c2ccccc2F)on1. The number of nitrogens with zero attached hydrogens (tertiary/aromatic N) is 3. The Balaban J connectivity index is 1.21. The number of rotatable bonds is 12. The van der Waals surface area contributed by atoms with Crippen LogP contribution < -0.4 is 5.32 Å². The number of nitrogens with one attached hydrogen (secondary N) is 1. The van der Waals surface area contributed by atoms with Gasteiger partial charge in [-0.05, 0) is 69.3 Å². The van der Waals surface area contributed by atoms with Crippen molar-refractivity contribution in [3.05, 3.63) is 59.9 Å². The van der Waals surface area contributed by atoms with E-state index in [9.17, 15) is 14.0 Å². The second-order valence-corrected chi connectivity index (χ2v) is 10.6. The number of benzene rings is 1. The van der Waals surface area contributed by atoms with Crippen LogP contribution in [0.1, 0.15) is 80.5 Å². The molecule has 202 valence electrons. The summed E-state index contributed by atoms with van der Waals surface area (Å²) in [6, 6.07) is 9.36. The summed E-state index contributed by atoms with van der Waals surface area (Å²) in [7, 11) is 0. The number of carbonyl (C=O) groups is 2. The fourth-order valence-electron chi connectivity index (χ4n) is 5.69. The lowest BCUT2D eigenvalue weighted by Crippen LogP contribution is -2.37. The van der Waals surface area contributed by atoms with Crippen LogP contribution in [-0.2, 0) is 4.79 Å². The van der Waals surface area contributed by atoms with E-state index in [0.29, 0.717) is 42.0 Å². The Morgan fingerprint density at radius 1 is 1.16 bits per heavy atom. The average molecular weight is 523 g/mol. The third-order valence-corrected chi connectivity index (χ3v) is 8.27. The van der Waals surface area contributed by atoms with Crippen molar-refractivity contribution >= 4 is 11.7 Å². The van der Waals surface area contributed by atoms with Crippen LogP contribution in [0.15, 0.2) is 51.7 Å². The van der Waals surface area contributed by atoms with Crippen molar-refractivity contribution in [1.29, 1.82) is 0 Å². The molecule has 3 heterocycles. The summed E-state index contributed by atoms with van der Waals surface area (Å²) >= 11 is 0. The third kappa shape index (κ3) is 5.88. The van der Waals surface area contributed by atoms with E-state index < -0.39 is 0 Å². The first kappa shape index (κ1) is 26.3. The van der Waals surface area contributed by atoms with Gasteiger partial charge in [0.05, 0.1) is 11.6 Å². The second kappa shape index (κ2) is 11.6. The quantitative estimate of drug-likeness (QED) is 0.245. The second-order valence-electron chi connectivity index (χ2n) is 10.6. The van der Waals surface area contributed by atoms with Gasteiger partial charge in [-0.15, -0.1) is 0 Å². The molecular formula is C29H35FN4O4. The van der Waals surface area contributed by atoms with E-state index in [-0.39, 0.29) is 34.9 Å². The molecule has 1 aliphatic carbocycles. The number of likely N-dealkylation sites (tertiary alicyclic amines) is 1. The van der Waals surface area contributed by atoms with E-state index in [4.69, 9.17) is 9.05 Å². The van der Waals surface area contributed by atoms with Crippen molar-refractivity contribution in [2.75, 3.05) is 19.6 Å². The molecule has 1 aliphatic heterocycles. The summed E-state index contributed by atoms with van der Waals surface area (Å²) in [6.45, 7) is 5.32. The molecular weight excluding hydrogens is 487 g/mol. The minimum Gasteiger partial charge on any atom is -0.364 e. The van der Waals surface area contributed by atoms with Gasteiger partial charge in [0.15, 0.2) is 11.5 Å². The molecule has 1 aromatic carbocycles. The van der Waals surface area contributed by atoms with Gasteiger partial charge in [-0.2, -0.15) is 0 Å². The van der Waals surface area contributed by atoms with Crippen LogP contribution in [0.5, 0.6) is 0 Å². The molecule has 1 N–H and O–H groups in total. The summed E-state index contributed by atoms with van der Waals surface area (Å²) in [5, 5.41) is 11.1. The highest BCUT2D eigenvalue weighted by molar-refractivity contribution is 5.93. The topological polar surface area (TPSA) is 101 Å². The zero-order chi connectivity index (χ0) is 26.5. The molecule has 2 aliphatic rings. The highest BCUT2D eigenvalue weighted by Gasteiger charge is 2.58. The molecule has 1 saturated carbocycles. The summed E-state index contributed by atoms with van der Waals surface area (Å²) in [5.74, 6) is 0.0118. The molecule has 1 amide bonds. The number of carbonyl (C=O) groups excluding carboxylic acids is 2. The predicted octanol–water partition coefficient (Wildman–Crippen LogP) is 5.58. The monoisotopic (exact) mass is 522 g/mol. The average Bonchev–Trinajstić information content (AvgIpc) is 3.30. The summed E-state index contributed by atoms with van der Waals surface area (Å²) in [5.41, 5.74) is 1.41. The zero-order valence-corrected chi connectivity index (χ0v) is 21.8. The van der Waals surface area contributed by atoms with Crippen LogP contribution in [0.2, 0.25) is 0 Å². The maximum Gasteiger partial charge on any atom is 0.224 e. The van der Waals surface area contributed by atoms with Gasteiger partial charge in [0, 0.05) is 24.5 Å². The van der Waals surface area contributed by atoms with Crippen molar-refractivity contribution in [1.82, 2.24) is 20.5 Å². The van der Waals surface area contributed by atoms with Crippen molar-refractivity contribution in [2.45, 2.75) is 64.3 Å². The van der Waals surface area contributed by atoms with E-state index in [1.54, 1.807) is 30.3 Å². The van der Waals surface area contributed by atoms with Gasteiger partial charge in [-0.3, -0.25) is 9.59 Å². The lowest BCUT2D eigenvalue weighted by Gasteiger charge is -2.32. The number of unbranched alkanes of at least 4 members (excludes halogenated alkanes) is 2. The van der Waals surface area contributed by atoms with E-state index in [0.717, 1.165) is 51.7 Å². The Morgan fingerprint density at radius 3 is 2.71 bits per heavy atom. The minimum atomic E-state index is -0.383. The molecule has 0 bridgehead atoms. The molecule has 0 unspecified atom stereocenters. The first-order valence-electron chi connectivity index (χ1n) is 13.7. The highest BCUT2D eigenvalue weighted by atomic mass is 19.1. The number of piperidine rings is 1. The standard InChI is InChI=1S/C29H35FN4O4/c1-2-34-15-13-29(14-16-34)19-21(29)28(36)31-23(10-4-3-5-11-26(35)24-12-17-37-32-24)25-18-27(38-33-25)20-8-6-7-9-22(20)30/h6-9,12,17-18,21,23H,2-5,10-11,13-16,19H2,1H3,(H,31,36)/t21-,23+/m1/s1. The van der Waals surface area contributed by atoms with Crippen LogP contribution in [0.3, 0.4) is 0 Å². The number of hydrogen-bond donors (Lipinski definition) is 1. The van der Waals surface area contributed by atoms with Crippen molar-refractivity contribution in [3.8, 4) is 11.3 Å². The molecule has 3 aromatic rings. The molecule has 38 heavy (non-hydrogen) atoms. The van der Waals surface area contributed by atoms with Gasteiger partial charge >= 0.3 is 0 Å². The summed E-state index contributed by atoms with van der Waals surface area (Å²) in [6.07, 6.45) is 7.81. The summed E-state index contributed by atoms with van der Waals surface area (Å²) < 4.78 is 24.6. The number of Topliss-reactive ketones (excluding diaryl/α,β-unsaturated/α-hetero) is 1. The van der Waals surface area contributed by atoms with Crippen LogP contribution in [0.4, 0.5) is 4.39 Å². The van der Waals surface area contributed by atoms with Crippen LogP contribution in [0.25, 0.3) is 11.3 Å². The Hall–Kier alpha value is -3.33. The van der Waals surface area contributed by atoms with Gasteiger partial charge in [0.1, 0.15) is 23.5 Å². The molecule has 1 saturated heterocycles. The molecule has 1 spiro atoms. The van der Waals surface area contributed by atoms with Gasteiger partial charge in [0.2, 0.25) is 5.91 Å². The molecule has 9 heteroatoms. The molecule has 5 rings (SSSR count). The maximum absolute atomic E-state index is 14.3. The van der Waals surface area contributed by atoms with E-state index in [1.165, 1.54) is 12.3 Å². The zero-order valence-electron chi connectivity index (χ0n) is 21.8. The molecule has 0 radical (unpaired) electrons. The van der Waals surface area contributed by atoms with E-state index >= 15 is 0 Å². The van der Waals surface area contributed by atoms with Crippen LogP contribution >= 0.6 is 0 Å². The van der Waals surface area contributed by atoms with E-state index in [1.807, 2.05) is 0 Å². The lowest BCUT2D eigenvalue weighted by molar-refractivity contribution is -0.124. The summed E-state index contributed by atoms with van der Waals surface area (Å²) in [4.78, 5) is 28.0. The van der Waals surface area contributed by atoms with Gasteiger partial charge in [0.25, 0.3) is 0 Å². The normalized spacial score (nSPS) is 19.4. The first-order chi connectivity index (χ1) is 18.5. The van der Waals surface area contributed by atoms with Crippen molar-refractivity contribution < 1.29 is 23.0 Å². The fourth-order valence-corrected chi connectivity index (χ4v) is 5.69. The van der Waals surface area contributed by atoms with Crippen molar-refractivity contribution in [3.63, 3.8) is 0 Å². The van der Waals surface area contributed by atoms with Crippen LogP contribution in [-0.4, -0.2) is 46.5 Å². The van der Waals surface area contributed by atoms with Gasteiger partial charge < -0.3 is 19.3 Å². The lowest BCUT2D eigenvalue weighted by atomic mass is 9.90. The third-order valence-electron chi connectivity index (χ3n) is 8.27. The maximum atomic E-state index is 14.3. The number of aromatic nitrogens is 2. The largest absolute Gasteiger partial charge is 0.364 e. The highest BCUT2D eigenvalue weighted by Crippen LogP contribution is 2.59. The fraction of sp³-hybridized carbons (Fsp3) is 0.517. The number of halogens is 1. The van der Waals surface area contributed by atoms with Crippen LogP contribution in [0, 0.1) is 17.2 Å². The Kier molecular flexibility index (Phi) is 8.02.